The van der Waals surface area contributed by atoms with Gasteiger partial charge in [-0.3, -0.25) is 4.98 Å². The third-order valence-electron chi connectivity index (χ3n) is 4.58. The zero-order chi connectivity index (χ0) is 18.8. The molecule has 1 fully saturated rings. The SMILES string of the molecule is Cc1nc(N)nc(N2CCO[C@H](Cc3noc(-c4ccccn4)n3)C2)c1C. The van der Waals surface area contributed by atoms with Crippen molar-refractivity contribution in [1.82, 2.24) is 25.1 Å². The van der Waals surface area contributed by atoms with Gasteiger partial charge >= 0.3 is 0 Å². The summed E-state index contributed by atoms with van der Waals surface area (Å²) in [5, 5.41) is 4.06. The molecule has 1 aliphatic heterocycles. The molecule has 0 radical (unpaired) electrons. The minimum atomic E-state index is -0.0659. The highest BCUT2D eigenvalue weighted by Gasteiger charge is 2.25. The smallest absolute Gasteiger partial charge is 0.276 e. The number of aromatic nitrogens is 5. The van der Waals surface area contributed by atoms with Crippen LogP contribution in [0, 0.1) is 13.8 Å². The lowest BCUT2D eigenvalue weighted by atomic mass is 10.1. The summed E-state index contributed by atoms with van der Waals surface area (Å²) in [6.45, 7) is 5.96. The second-order valence-corrected chi connectivity index (χ2v) is 6.49. The van der Waals surface area contributed by atoms with E-state index >= 15 is 0 Å². The number of hydrogen-bond donors (Lipinski definition) is 1. The molecule has 4 rings (SSSR count). The van der Waals surface area contributed by atoms with E-state index in [0.717, 1.165) is 23.6 Å². The summed E-state index contributed by atoms with van der Waals surface area (Å²) < 4.78 is 11.2. The molecule has 1 aliphatic rings. The molecule has 0 spiro atoms. The van der Waals surface area contributed by atoms with Gasteiger partial charge in [0, 0.05) is 37.0 Å². The van der Waals surface area contributed by atoms with Crippen molar-refractivity contribution in [3.8, 4) is 11.6 Å². The molecule has 2 N–H and O–H groups in total. The van der Waals surface area contributed by atoms with Crippen LogP contribution < -0.4 is 10.6 Å². The summed E-state index contributed by atoms with van der Waals surface area (Å²) in [7, 11) is 0. The Bertz CT molecular complexity index is 929. The molecular formula is C18H21N7O2. The molecule has 1 saturated heterocycles. The molecule has 3 aromatic heterocycles. The van der Waals surface area contributed by atoms with Crippen LogP contribution in [0.25, 0.3) is 11.6 Å². The first-order chi connectivity index (χ1) is 13.1. The maximum absolute atomic E-state index is 5.90. The standard InChI is InChI=1S/C18H21N7O2/c1-11-12(2)21-18(19)23-16(11)25-7-8-26-13(10-25)9-15-22-17(27-24-15)14-5-3-4-6-20-14/h3-6,13H,7-10H2,1-2H3,(H2,19,21,23)/t13-/m1/s1. The Hall–Kier alpha value is -3.07. The first-order valence-electron chi connectivity index (χ1n) is 8.81. The first kappa shape index (κ1) is 17.3. The van der Waals surface area contributed by atoms with Crippen molar-refractivity contribution in [2.24, 2.45) is 0 Å². The van der Waals surface area contributed by atoms with E-state index in [1.54, 1.807) is 6.20 Å². The number of ether oxygens (including phenoxy) is 1. The Morgan fingerprint density at radius 1 is 1.22 bits per heavy atom. The molecular weight excluding hydrogens is 346 g/mol. The fourth-order valence-electron chi connectivity index (χ4n) is 3.11. The van der Waals surface area contributed by atoms with Crippen LogP contribution in [-0.2, 0) is 11.2 Å². The van der Waals surface area contributed by atoms with Gasteiger partial charge in [-0.05, 0) is 26.0 Å². The van der Waals surface area contributed by atoms with E-state index in [4.69, 9.17) is 15.0 Å². The highest BCUT2D eigenvalue weighted by atomic mass is 16.5. The maximum atomic E-state index is 5.90. The molecule has 0 bridgehead atoms. The fraction of sp³-hybridized carbons (Fsp3) is 0.389. The number of aryl methyl sites for hydroxylation is 1. The summed E-state index contributed by atoms with van der Waals surface area (Å²) in [6.07, 6.45) is 2.17. The van der Waals surface area contributed by atoms with Crippen molar-refractivity contribution in [3.05, 3.63) is 41.5 Å². The van der Waals surface area contributed by atoms with Crippen LogP contribution in [-0.4, -0.2) is 50.9 Å². The molecule has 9 heteroatoms. The second kappa shape index (κ2) is 7.28. The lowest BCUT2D eigenvalue weighted by molar-refractivity contribution is 0.0392. The van der Waals surface area contributed by atoms with E-state index in [2.05, 4.69) is 30.0 Å². The predicted molar refractivity (Wildman–Crippen MR) is 99.1 cm³/mol. The van der Waals surface area contributed by atoms with Gasteiger partial charge in [-0.15, -0.1) is 0 Å². The van der Waals surface area contributed by atoms with Gasteiger partial charge in [-0.25, -0.2) is 4.98 Å². The monoisotopic (exact) mass is 367 g/mol. The summed E-state index contributed by atoms with van der Waals surface area (Å²) in [5.74, 6) is 2.15. The van der Waals surface area contributed by atoms with Gasteiger partial charge in [0.2, 0.25) is 5.95 Å². The first-order valence-corrected chi connectivity index (χ1v) is 8.81. The summed E-state index contributed by atoms with van der Waals surface area (Å²) >= 11 is 0. The molecule has 3 aromatic rings. The molecule has 0 unspecified atom stereocenters. The van der Waals surface area contributed by atoms with Crippen LogP contribution in [0.1, 0.15) is 17.1 Å². The number of morpholine rings is 1. The molecule has 4 heterocycles. The quantitative estimate of drug-likeness (QED) is 0.733. The molecule has 9 nitrogen and oxygen atoms in total. The van der Waals surface area contributed by atoms with E-state index in [1.165, 1.54) is 0 Å². The zero-order valence-electron chi connectivity index (χ0n) is 15.3. The van der Waals surface area contributed by atoms with Crippen LogP contribution in [0.2, 0.25) is 0 Å². The van der Waals surface area contributed by atoms with Gasteiger partial charge in [0.15, 0.2) is 5.82 Å². The molecule has 0 aromatic carbocycles. The molecule has 0 amide bonds. The molecule has 0 saturated carbocycles. The Morgan fingerprint density at radius 3 is 2.93 bits per heavy atom. The summed E-state index contributed by atoms with van der Waals surface area (Å²) in [5.41, 5.74) is 8.41. The summed E-state index contributed by atoms with van der Waals surface area (Å²) in [4.78, 5) is 19.5. The highest BCUT2D eigenvalue weighted by Crippen LogP contribution is 2.23. The zero-order valence-corrected chi connectivity index (χ0v) is 15.3. The van der Waals surface area contributed by atoms with Gasteiger partial charge in [0.05, 0.1) is 12.7 Å². The predicted octanol–water partition coefficient (Wildman–Crippen LogP) is 1.57. The van der Waals surface area contributed by atoms with E-state index in [9.17, 15) is 0 Å². The normalized spacial score (nSPS) is 17.3. The van der Waals surface area contributed by atoms with Crippen LogP contribution in [0.4, 0.5) is 11.8 Å². The van der Waals surface area contributed by atoms with Crippen LogP contribution in [0.15, 0.2) is 28.9 Å². The minimum Gasteiger partial charge on any atom is -0.374 e. The van der Waals surface area contributed by atoms with Gasteiger partial charge in [0.25, 0.3) is 5.89 Å². The average molecular weight is 367 g/mol. The number of rotatable bonds is 4. The number of pyridine rings is 1. The van der Waals surface area contributed by atoms with Crippen molar-refractivity contribution in [3.63, 3.8) is 0 Å². The van der Waals surface area contributed by atoms with Gasteiger partial charge in [-0.1, -0.05) is 11.2 Å². The lowest BCUT2D eigenvalue weighted by Crippen LogP contribution is -2.44. The van der Waals surface area contributed by atoms with Crippen molar-refractivity contribution < 1.29 is 9.26 Å². The highest BCUT2D eigenvalue weighted by molar-refractivity contribution is 5.51. The van der Waals surface area contributed by atoms with Gasteiger partial charge in [-0.2, -0.15) is 9.97 Å². The molecule has 27 heavy (non-hydrogen) atoms. The van der Waals surface area contributed by atoms with Crippen LogP contribution in [0.5, 0.6) is 0 Å². The van der Waals surface area contributed by atoms with Crippen molar-refractivity contribution >= 4 is 11.8 Å². The van der Waals surface area contributed by atoms with Crippen LogP contribution >= 0.6 is 0 Å². The maximum Gasteiger partial charge on any atom is 0.276 e. The Morgan fingerprint density at radius 2 is 2.11 bits per heavy atom. The third-order valence-corrected chi connectivity index (χ3v) is 4.58. The van der Waals surface area contributed by atoms with Gasteiger partial charge in [0.1, 0.15) is 11.5 Å². The van der Waals surface area contributed by atoms with Crippen molar-refractivity contribution in [1.29, 1.82) is 0 Å². The largest absolute Gasteiger partial charge is 0.374 e. The van der Waals surface area contributed by atoms with E-state index in [-0.39, 0.29) is 12.1 Å². The van der Waals surface area contributed by atoms with Gasteiger partial charge < -0.3 is 19.9 Å². The molecule has 0 aliphatic carbocycles. The third kappa shape index (κ3) is 3.72. The minimum absolute atomic E-state index is 0.0659. The number of hydrogen-bond acceptors (Lipinski definition) is 9. The topological polar surface area (TPSA) is 116 Å². The Kier molecular flexibility index (Phi) is 4.68. The van der Waals surface area contributed by atoms with E-state index in [0.29, 0.717) is 37.0 Å². The average Bonchev–Trinajstić information content (AvgIpc) is 3.14. The molecule has 140 valence electrons. The van der Waals surface area contributed by atoms with E-state index < -0.39 is 0 Å². The lowest BCUT2D eigenvalue weighted by Gasteiger charge is -2.34. The van der Waals surface area contributed by atoms with Crippen molar-refractivity contribution in [2.75, 3.05) is 30.3 Å². The summed E-state index contributed by atoms with van der Waals surface area (Å²) in [6, 6.07) is 5.56. The van der Waals surface area contributed by atoms with Crippen LogP contribution in [0.3, 0.4) is 0 Å². The van der Waals surface area contributed by atoms with E-state index in [1.807, 2.05) is 32.0 Å². The Labute approximate surface area is 156 Å². The number of nitrogen functional groups attached to an aromatic ring is 1. The number of nitrogens with two attached hydrogens (primary N) is 1. The fourth-order valence-corrected chi connectivity index (χ4v) is 3.11. The second-order valence-electron chi connectivity index (χ2n) is 6.49. The molecule has 1 atom stereocenters. The number of nitrogens with zero attached hydrogens (tertiary/aromatic N) is 6. The number of anilines is 2. The Balaban J connectivity index is 1.47. The van der Waals surface area contributed by atoms with Crippen molar-refractivity contribution in [2.45, 2.75) is 26.4 Å².